The van der Waals surface area contributed by atoms with Crippen LogP contribution in [0.3, 0.4) is 0 Å². The highest BCUT2D eigenvalue weighted by molar-refractivity contribution is 6.15. The fraction of sp³-hybridized carbons (Fsp3) is 0. The first-order valence-electron chi connectivity index (χ1n) is 27.3. The van der Waals surface area contributed by atoms with E-state index in [-0.39, 0.29) is 0 Å². The summed E-state index contributed by atoms with van der Waals surface area (Å²) in [6, 6.07) is 101. The van der Waals surface area contributed by atoms with Gasteiger partial charge in [0.05, 0.1) is 49.7 Å². The Morgan fingerprint density at radius 3 is 0.988 bits per heavy atom. The zero-order chi connectivity index (χ0) is 52.4. The largest absolute Gasteiger partial charge is 0.309 e. The van der Waals surface area contributed by atoms with Crippen molar-refractivity contribution in [1.82, 2.24) is 28.2 Å². The van der Waals surface area contributed by atoms with Crippen LogP contribution < -0.4 is 0 Å². The molecule has 0 unspecified atom stereocenters. The Balaban J connectivity index is 0.780. The van der Waals surface area contributed by atoms with Gasteiger partial charge in [0.2, 0.25) is 0 Å². The molecule has 0 amide bonds. The van der Waals surface area contributed by atoms with Crippen LogP contribution in [-0.2, 0) is 0 Å². The standard InChI is InChI=1S/C74H46N6/c1-3-19-52(20-4-1)77-65-30-13-8-24-55(65)60-43-47(34-38-69(60)77)49-36-40-71-62(45-49)57-26-10-15-32-67(57)79(71)54-23-17-18-51(42-54)73-75-64-29-12-7-28-59(64)74(76-73)80-68-33-16-11-27-58(68)63-46-50(37-41-72(63)80)48-35-39-70-61(44-48)56-25-9-14-31-66(56)78(70)53-21-5-2-6-22-53/h1-46H. The van der Waals surface area contributed by atoms with Gasteiger partial charge in [0.1, 0.15) is 5.82 Å². The minimum absolute atomic E-state index is 0.665. The molecular weight excluding hydrogens is 973 g/mol. The van der Waals surface area contributed by atoms with Gasteiger partial charge in [-0.05, 0) is 144 Å². The van der Waals surface area contributed by atoms with Crippen LogP contribution in [0.1, 0.15) is 0 Å². The fourth-order valence-corrected chi connectivity index (χ4v) is 13.0. The van der Waals surface area contributed by atoms with Gasteiger partial charge in [0.25, 0.3) is 0 Å². The zero-order valence-corrected chi connectivity index (χ0v) is 43.2. The highest BCUT2D eigenvalue weighted by atomic mass is 15.1. The summed E-state index contributed by atoms with van der Waals surface area (Å²) in [6.07, 6.45) is 0. The van der Waals surface area contributed by atoms with E-state index in [1.807, 2.05) is 0 Å². The minimum atomic E-state index is 0.665. The first-order valence-corrected chi connectivity index (χ1v) is 27.3. The number of para-hydroxylation sites is 7. The van der Waals surface area contributed by atoms with Gasteiger partial charge < -0.3 is 13.7 Å². The van der Waals surface area contributed by atoms with Crippen LogP contribution >= 0.6 is 0 Å². The molecule has 372 valence electrons. The van der Waals surface area contributed by atoms with Crippen LogP contribution in [0.4, 0.5) is 0 Å². The molecule has 0 aliphatic rings. The molecule has 0 saturated heterocycles. The summed E-state index contributed by atoms with van der Waals surface area (Å²) in [5.41, 5.74) is 19.1. The fourth-order valence-electron chi connectivity index (χ4n) is 13.0. The maximum Gasteiger partial charge on any atom is 0.162 e. The number of benzene rings is 12. The molecule has 0 aliphatic heterocycles. The van der Waals surface area contributed by atoms with E-state index in [2.05, 4.69) is 297 Å². The van der Waals surface area contributed by atoms with Gasteiger partial charge >= 0.3 is 0 Å². The average molecular weight is 1020 g/mol. The minimum Gasteiger partial charge on any atom is -0.309 e. The second-order valence-electron chi connectivity index (χ2n) is 20.9. The maximum atomic E-state index is 5.58. The third-order valence-electron chi connectivity index (χ3n) is 16.5. The van der Waals surface area contributed by atoms with Crippen molar-refractivity contribution in [3.05, 3.63) is 279 Å². The molecule has 0 saturated carbocycles. The molecule has 80 heavy (non-hydrogen) atoms. The molecule has 0 atom stereocenters. The normalized spacial score (nSPS) is 12.0. The van der Waals surface area contributed by atoms with Gasteiger partial charge in [-0.2, -0.15) is 0 Å². The smallest absolute Gasteiger partial charge is 0.162 e. The number of hydrogen-bond donors (Lipinski definition) is 0. The van der Waals surface area contributed by atoms with E-state index in [0.717, 1.165) is 67.0 Å². The Morgan fingerprint density at radius 1 is 0.200 bits per heavy atom. The molecule has 0 radical (unpaired) electrons. The molecule has 0 fully saturated rings. The number of rotatable bonds is 7. The lowest BCUT2D eigenvalue weighted by atomic mass is 10.0. The summed E-state index contributed by atoms with van der Waals surface area (Å²) in [5.74, 6) is 1.51. The van der Waals surface area contributed by atoms with Crippen molar-refractivity contribution in [3.63, 3.8) is 0 Å². The van der Waals surface area contributed by atoms with Crippen LogP contribution in [0.5, 0.6) is 0 Å². The van der Waals surface area contributed by atoms with E-state index in [1.54, 1.807) is 0 Å². The van der Waals surface area contributed by atoms with Gasteiger partial charge in [0.15, 0.2) is 5.82 Å². The summed E-state index contributed by atoms with van der Waals surface area (Å²) in [4.78, 5) is 10.9. The molecule has 0 N–H and O–H groups in total. The Hall–Kier alpha value is -10.8. The molecule has 17 rings (SSSR count). The van der Waals surface area contributed by atoms with Gasteiger partial charge in [-0.3, -0.25) is 4.57 Å². The van der Waals surface area contributed by atoms with Crippen molar-refractivity contribution in [2.75, 3.05) is 0 Å². The van der Waals surface area contributed by atoms with E-state index in [9.17, 15) is 0 Å². The molecule has 0 bridgehead atoms. The summed E-state index contributed by atoms with van der Waals surface area (Å²) in [7, 11) is 0. The molecule has 0 aliphatic carbocycles. The van der Waals surface area contributed by atoms with Crippen molar-refractivity contribution in [1.29, 1.82) is 0 Å². The first-order chi connectivity index (χ1) is 39.7. The Kier molecular flexibility index (Phi) is 9.61. The quantitative estimate of drug-likeness (QED) is 0.160. The highest BCUT2D eigenvalue weighted by Gasteiger charge is 2.21. The van der Waals surface area contributed by atoms with Crippen molar-refractivity contribution < 1.29 is 0 Å². The molecule has 6 nitrogen and oxygen atoms in total. The van der Waals surface area contributed by atoms with Crippen molar-refractivity contribution >= 4 is 98.1 Å². The van der Waals surface area contributed by atoms with E-state index in [4.69, 9.17) is 9.97 Å². The van der Waals surface area contributed by atoms with Crippen LogP contribution in [0, 0.1) is 0 Å². The van der Waals surface area contributed by atoms with Crippen molar-refractivity contribution in [2.45, 2.75) is 0 Å². The highest BCUT2D eigenvalue weighted by Crippen LogP contribution is 2.42. The Bertz CT molecular complexity index is 5370. The van der Waals surface area contributed by atoms with Crippen LogP contribution in [0.2, 0.25) is 0 Å². The number of nitrogens with zero attached hydrogens (tertiary/aromatic N) is 6. The second kappa shape index (κ2) is 17.3. The number of fused-ring (bicyclic) bond motifs is 13. The van der Waals surface area contributed by atoms with Gasteiger partial charge in [0, 0.05) is 71.1 Å². The molecular formula is C74H46N6. The number of aromatic nitrogens is 6. The van der Waals surface area contributed by atoms with E-state index in [0.29, 0.717) is 5.82 Å². The molecule has 6 heteroatoms. The predicted molar refractivity (Wildman–Crippen MR) is 333 cm³/mol. The molecule has 5 heterocycles. The summed E-state index contributed by atoms with van der Waals surface area (Å²) in [5, 5.41) is 10.7. The van der Waals surface area contributed by atoms with Gasteiger partial charge in [-0.25, -0.2) is 9.97 Å². The number of hydrogen-bond acceptors (Lipinski definition) is 2. The molecule has 0 spiro atoms. The molecule has 17 aromatic rings. The Morgan fingerprint density at radius 2 is 0.537 bits per heavy atom. The van der Waals surface area contributed by atoms with E-state index < -0.39 is 0 Å². The van der Waals surface area contributed by atoms with Crippen LogP contribution in [0.25, 0.3) is 155 Å². The summed E-state index contributed by atoms with van der Waals surface area (Å²) >= 11 is 0. The average Bonchev–Trinajstić information content (AvgIpc) is 4.46. The summed E-state index contributed by atoms with van der Waals surface area (Å²) in [6.45, 7) is 0. The van der Waals surface area contributed by atoms with Gasteiger partial charge in [-0.1, -0.05) is 158 Å². The van der Waals surface area contributed by atoms with Crippen LogP contribution in [0.15, 0.2) is 279 Å². The lowest BCUT2D eigenvalue weighted by Gasteiger charge is -2.14. The summed E-state index contributed by atoms with van der Waals surface area (Å²) < 4.78 is 9.47. The van der Waals surface area contributed by atoms with Crippen molar-refractivity contribution in [3.8, 4) is 56.5 Å². The van der Waals surface area contributed by atoms with E-state index >= 15 is 0 Å². The topological polar surface area (TPSA) is 45.5 Å². The van der Waals surface area contributed by atoms with Crippen molar-refractivity contribution in [2.24, 2.45) is 0 Å². The SMILES string of the molecule is c1ccc(-n2c3ccccc3c3cc(-c4ccc5c(c4)c4ccccc4n5-c4cccc(-c5nc(-n6c7ccccc7c7cc(-c8ccc9c(c8)c8ccccc8n9-c8ccccc8)ccc76)c6ccccc6n5)c4)ccc32)cc1. The second-order valence-corrected chi connectivity index (χ2v) is 20.9. The predicted octanol–water partition coefficient (Wildman–Crippen LogP) is 19.0. The lowest BCUT2D eigenvalue weighted by molar-refractivity contribution is 1.07. The monoisotopic (exact) mass is 1020 g/mol. The van der Waals surface area contributed by atoms with Crippen LogP contribution in [-0.4, -0.2) is 28.2 Å². The third kappa shape index (κ3) is 6.66. The third-order valence-corrected chi connectivity index (χ3v) is 16.5. The molecule has 12 aromatic carbocycles. The first kappa shape index (κ1) is 44.3. The zero-order valence-electron chi connectivity index (χ0n) is 43.2. The Labute approximate surface area is 459 Å². The lowest BCUT2D eigenvalue weighted by Crippen LogP contribution is -2.03. The maximum absolute atomic E-state index is 5.58. The molecule has 5 aromatic heterocycles. The van der Waals surface area contributed by atoms with Gasteiger partial charge in [-0.15, -0.1) is 0 Å². The van der Waals surface area contributed by atoms with E-state index in [1.165, 1.54) is 81.8 Å².